The van der Waals surface area contributed by atoms with Gasteiger partial charge in [-0.1, -0.05) is 42.4 Å². The van der Waals surface area contributed by atoms with Crippen LogP contribution in [0.5, 0.6) is 0 Å². The van der Waals surface area contributed by atoms with E-state index in [1.807, 2.05) is 30.3 Å². The first-order valence-electron chi connectivity index (χ1n) is 11.6. The van der Waals surface area contributed by atoms with Crippen molar-refractivity contribution in [2.24, 2.45) is 0 Å². The monoisotopic (exact) mass is 487 g/mol. The molecule has 0 spiro atoms. The molecule has 3 aliphatic rings. The molecule has 2 aromatic carbocycles. The maximum Gasteiger partial charge on any atom is 0.284 e. The highest BCUT2D eigenvalue weighted by molar-refractivity contribution is 7.98. The molecule has 1 aromatic heterocycles. The Morgan fingerprint density at radius 3 is 2.77 bits per heavy atom. The van der Waals surface area contributed by atoms with Gasteiger partial charge in [-0.2, -0.15) is 4.68 Å². The average molecular weight is 488 g/mol. The lowest BCUT2D eigenvalue weighted by molar-refractivity contribution is 0.570. The number of hydrogen-bond donors (Lipinski definition) is 0. The summed E-state index contributed by atoms with van der Waals surface area (Å²) in [4.78, 5) is 22.7. The normalized spacial score (nSPS) is 13.6. The van der Waals surface area contributed by atoms with Crippen molar-refractivity contribution in [3.8, 4) is 28.5 Å². The molecule has 3 aromatic rings. The fraction of sp³-hybridized carbons (Fsp3) is 0.231. The second kappa shape index (κ2) is 9.14. The van der Waals surface area contributed by atoms with E-state index >= 15 is 0 Å². The fourth-order valence-electron chi connectivity index (χ4n) is 4.47. The number of halogens is 1. The van der Waals surface area contributed by atoms with Crippen LogP contribution < -0.4 is 5.56 Å². The molecule has 0 amide bonds. The molecule has 0 fully saturated rings. The molecule has 0 radical (unpaired) electrons. The molecule has 0 saturated carbocycles. The number of benzene rings is 2. The van der Waals surface area contributed by atoms with Gasteiger partial charge in [0.05, 0.1) is 11.4 Å². The highest BCUT2D eigenvalue weighted by Crippen LogP contribution is 2.32. The molecule has 0 unspecified atom stereocenters. The number of fused-ring (bicyclic) bond motifs is 3. The Morgan fingerprint density at radius 1 is 1.03 bits per heavy atom. The number of rotatable bonds is 5. The molecule has 176 valence electrons. The highest BCUT2D eigenvalue weighted by atomic mass is 32.2. The van der Waals surface area contributed by atoms with E-state index in [0.717, 1.165) is 54.5 Å². The van der Waals surface area contributed by atoms with Crippen LogP contribution in [0.4, 0.5) is 4.39 Å². The topological polar surface area (TPSA) is 78.7 Å². The van der Waals surface area contributed by atoms with E-state index < -0.39 is 0 Å². The molecule has 35 heavy (non-hydrogen) atoms. The second-order valence-corrected chi connectivity index (χ2v) is 9.44. The van der Waals surface area contributed by atoms with Gasteiger partial charge >= 0.3 is 0 Å². The van der Waals surface area contributed by atoms with Crippen LogP contribution in [0.1, 0.15) is 30.7 Å². The zero-order chi connectivity index (χ0) is 23.8. The van der Waals surface area contributed by atoms with Crippen molar-refractivity contribution in [1.29, 1.82) is 0 Å². The van der Waals surface area contributed by atoms with Gasteiger partial charge in [-0.25, -0.2) is 14.4 Å². The van der Waals surface area contributed by atoms with Crippen molar-refractivity contribution in [3.63, 3.8) is 0 Å². The van der Waals surface area contributed by atoms with Crippen LogP contribution >= 0.6 is 11.8 Å². The Kier molecular flexibility index (Phi) is 5.69. The third-order valence-corrected chi connectivity index (χ3v) is 7.15. The van der Waals surface area contributed by atoms with Crippen LogP contribution in [-0.4, -0.2) is 24.3 Å². The van der Waals surface area contributed by atoms with Crippen molar-refractivity contribution < 1.29 is 8.81 Å². The summed E-state index contributed by atoms with van der Waals surface area (Å²) in [6, 6.07) is 15.6. The first-order valence-corrected chi connectivity index (χ1v) is 12.6. The minimum atomic E-state index is -0.332. The molecule has 0 aliphatic carbocycles. The largest absolute Gasteiger partial charge is 0.444 e. The van der Waals surface area contributed by atoms with E-state index in [0.29, 0.717) is 28.6 Å². The number of para-hydroxylation sites is 1. The lowest BCUT2D eigenvalue weighted by Crippen LogP contribution is -2.19. The van der Waals surface area contributed by atoms with Crippen molar-refractivity contribution in [1.82, 2.24) is 24.3 Å². The van der Waals surface area contributed by atoms with Gasteiger partial charge in [0.25, 0.3) is 5.56 Å². The average Bonchev–Trinajstić information content (AvgIpc) is 3.39. The Labute approximate surface area is 205 Å². The lowest BCUT2D eigenvalue weighted by Gasteiger charge is -2.17. The summed E-state index contributed by atoms with van der Waals surface area (Å²) in [5.41, 5.74) is 3.54. The summed E-state index contributed by atoms with van der Waals surface area (Å²) in [5, 5.41) is 5.39. The summed E-state index contributed by atoms with van der Waals surface area (Å²) in [7, 11) is 0. The number of oxazole rings is 1. The van der Waals surface area contributed by atoms with Crippen molar-refractivity contribution in [2.75, 3.05) is 0 Å². The Bertz CT molecular complexity index is 1520. The predicted molar refractivity (Wildman–Crippen MR) is 131 cm³/mol. The van der Waals surface area contributed by atoms with Gasteiger partial charge in [0.1, 0.15) is 17.6 Å². The van der Waals surface area contributed by atoms with Crippen LogP contribution in [0.2, 0.25) is 0 Å². The highest BCUT2D eigenvalue weighted by Gasteiger charge is 2.27. The van der Waals surface area contributed by atoms with E-state index in [9.17, 15) is 9.18 Å². The molecule has 3 aliphatic heterocycles. The van der Waals surface area contributed by atoms with Crippen LogP contribution in [-0.2, 0) is 18.7 Å². The van der Waals surface area contributed by atoms with Crippen LogP contribution in [0.3, 0.4) is 0 Å². The Hall–Kier alpha value is -3.72. The summed E-state index contributed by atoms with van der Waals surface area (Å²) in [6.07, 6.45) is 5.58. The third kappa shape index (κ3) is 4.16. The molecule has 0 N–H and O–H groups in total. The van der Waals surface area contributed by atoms with Gasteiger partial charge in [-0.15, -0.1) is 5.10 Å². The maximum absolute atomic E-state index is 13.6. The third-order valence-electron chi connectivity index (χ3n) is 6.14. The van der Waals surface area contributed by atoms with Gasteiger partial charge in [0, 0.05) is 23.6 Å². The molecule has 6 rings (SSSR count). The van der Waals surface area contributed by atoms with Crippen LogP contribution in [0.25, 0.3) is 28.5 Å². The van der Waals surface area contributed by atoms with Gasteiger partial charge in [-0.3, -0.25) is 4.79 Å². The minimum Gasteiger partial charge on any atom is -0.444 e. The number of nitrogens with zero attached hydrogens (tertiary/aromatic N) is 5. The minimum absolute atomic E-state index is 0.128. The molecule has 0 bridgehead atoms. The summed E-state index contributed by atoms with van der Waals surface area (Å²) in [6.45, 7) is 0.809. The van der Waals surface area contributed by atoms with Crippen LogP contribution in [0, 0.1) is 5.82 Å². The molecule has 4 heterocycles. The van der Waals surface area contributed by atoms with Crippen molar-refractivity contribution >= 4 is 11.8 Å². The quantitative estimate of drug-likeness (QED) is 0.246. The van der Waals surface area contributed by atoms with E-state index in [-0.39, 0.29) is 11.4 Å². The molecule has 0 saturated heterocycles. The molecule has 9 heteroatoms. The van der Waals surface area contributed by atoms with E-state index in [1.165, 1.54) is 28.6 Å². The predicted octanol–water partition coefficient (Wildman–Crippen LogP) is 5.35. The van der Waals surface area contributed by atoms with Crippen molar-refractivity contribution in [3.05, 3.63) is 88.4 Å². The Balaban J connectivity index is 1.36. The zero-order valence-electron chi connectivity index (χ0n) is 18.9. The van der Waals surface area contributed by atoms with Crippen LogP contribution in [0.15, 0.2) is 75.2 Å². The molecular weight excluding hydrogens is 465 g/mol. The molecular formula is C26H22FN5O2S. The number of aromatic nitrogens is 5. The maximum atomic E-state index is 13.6. The van der Waals surface area contributed by atoms with Gasteiger partial charge in [-0.05, 0) is 49.6 Å². The SMILES string of the molecule is O=c1c2c3n(c(SCc4coc(-c5cccc(F)c5)n4)nc-2nn1-c1ccccc1)CCCCC3. The number of thioether (sulfide) groups is 1. The first kappa shape index (κ1) is 21.8. The number of hydrogen-bond acceptors (Lipinski definition) is 6. The second-order valence-electron chi connectivity index (χ2n) is 8.50. The molecule has 0 atom stereocenters. The lowest BCUT2D eigenvalue weighted by atomic mass is 10.1. The summed E-state index contributed by atoms with van der Waals surface area (Å²) in [5.74, 6) is 1.05. The van der Waals surface area contributed by atoms with Crippen molar-refractivity contribution in [2.45, 2.75) is 43.1 Å². The smallest absolute Gasteiger partial charge is 0.284 e. The zero-order valence-corrected chi connectivity index (χ0v) is 19.7. The fourth-order valence-corrected chi connectivity index (χ4v) is 5.39. The van der Waals surface area contributed by atoms with Gasteiger partial charge in [0.2, 0.25) is 5.89 Å². The van der Waals surface area contributed by atoms with E-state index in [4.69, 9.17) is 9.40 Å². The first-order chi connectivity index (χ1) is 17.2. The Morgan fingerprint density at radius 2 is 1.91 bits per heavy atom. The van der Waals surface area contributed by atoms with E-state index in [2.05, 4.69) is 14.6 Å². The van der Waals surface area contributed by atoms with Gasteiger partial charge in [0.15, 0.2) is 11.0 Å². The summed E-state index contributed by atoms with van der Waals surface area (Å²) >= 11 is 1.54. The molecule has 7 nitrogen and oxygen atoms in total. The van der Waals surface area contributed by atoms with E-state index in [1.54, 1.807) is 18.4 Å². The van der Waals surface area contributed by atoms with Gasteiger partial charge < -0.3 is 8.98 Å². The standard InChI is InChI=1S/C26H22FN5O2S/c27-18-9-7-8-17(14-18)24-28-19(15-34-24)16-35-26-29-23-22(21-12-5-2-6-13-31(21)26)25(33)32(30-23)20-10-3-1-4-11-20/h1,3-4,7-11,14-15H,2,5-6,12-13,16H2. The summed E-state index contributed by atoms with van der Waals surface area (Å²) < 4.78 is 22.8.